The molecule has 0 spiro atoms. The number of hydrogen-bond donors (Lipinski definition) is 1. The number of nitro benzene ring substituents is 1. The first-order valence-electron chi connectivity index (χ1n) is 5.98. The number of halogens is 3. The smallest absolute Gasteiger partial charge is 0.305 e. The first kappa shape index (κ1) is 19.1. The van der Waals surface area contributed by atoms with Crippen molar-refractivity contribution in [3.05, 3.63) is 39.7 Å². The van der Waals surface area contributed by atoms with Gasteiger partial charge < -0.3 is 5.32 Å². The fraction of sp³-hybridized carbons (Fsp3) is 0.500. The van der Waals surface area contributed by atoms with Gasteiger partial charge in [-0.25, -0.2) is 0 Å². The summed E-state index contributed by atoms with van der Waals surface area (Å²) in [4.78, 5) is 12.3. The molecular weight excluding hydrogens is 308 g/mol. The summed E-state index contributed by atoms with van der Waals surface area (Å²) < 4.78 is 13.3. The molecule has 1 aromatic carbocycles. The Balaban J connectivity index is 0.00000180. The molecule has 2 rings (SSSR count). The molecule has 0 radical (unpaired) electrons. The molecule has 1 aliphatic rings. The molecular formula is C12H18Cl2FN3O2. The average Bonchev–Trinajstić information content (AvgIpc) is 2.39. The van der Waals surface area contributed by atoms with E-state index in [9.17, 15) is 14.5 Å². The van der Waals surface area contributed by atoms with Gasteiger partial charge in [-0.3, -0.25) is 15.0 Å². The summed E-state index contributed by atoms with van der Waals surface area (Å²) in [7, 11) is 0. The topological polar surface area (TPSA) is 58.4 Å². The number of rotatable bonds is 3. The van der Waals surface area contributed by atoms with Crippen LogP contribution in [-0.2, 0) is 0 Å². The monoisotopic (exact) mass is 325 g/mol. The zero-order chi connectivity index (χ0) is 13.1. The second-order valence-corrected chi connectivity index (χ2v) is 4.43. The summed E-state index contributed by atoms with van der Waals surface area (Å²) in [6.45, 7) is 5.60. The molecule has 0 saturated carbocycles. The van der Waals surface area contributed by atoms with Crippen LogP contribution in [0.15, 0.2) is 18.2 Å². The van der Waals surface area contributed by atoms with E-state index in [0.29, 0.717) is 0 Å². The molecule has 1 atom stereocenters. The van der Waals surface area contributed by atoms with E-state index in [1.807, 2.05) is 6.92 Å². The Morgan fingerprint density at radius 3 is 2.50 bits per heavy atom. The third-order valence-electron chi connectivity index (χ3n) is 3.35. The predicted molar refractivity (Wildman–Crippen MR) is 80.4 cm³/mol. The largest absolute Gasteiger partial charge is 0.314 e. The third-order valence-corrected chi connectivity index (χ3v) is 3.35. The first-order valence-corrected chi connectivity index (χ1v) is 5.98. The van der Waals surface area contributed by atoms with Crippen LogP contribution in [0.4, 0.5) is 10.1 Å². The number of nitrogens with one attached hydrogen (secondary N) is 1. The highest BCUT2D eigenvalue weighted by atomic mass is 35.5. The highest BCUT2D eigenvalue weighted by Gasteiger charge is 2.21. The van der Waals surface area contributed by atoms with E-state index in [1.54, 1.807) is 6.07 Å². The molecule has 0 unspecified atom stereocenters. The summed E-state index contributed by atoms with van der Waals surface area (Å²) in [6.07, 6.45) is 0. The van der Waals surface area contributed by atoms with Crippen molar-refractivity contribution in [1.82, 2.24) is 10.2 Å². The molecule has 1 heterocycles. The van der Waals surface area contributed by atoms with E-state index in [1.165, 1.54) is 12.1 Å². The van der Waals surface area contributed by atoms with Gasteiger partial charge in [-0.2, -0.15) is 4.39 Å². The second kappa shape index (κ2) is 8.36. The number of benzene rings is 1. The minimum absolute atomic E-state index is 0. The van der Waals surface area contributed by atoms with Crippen LogP contribution in [0.1, 0.15) is 18.5 Å². The van der Waals surface area contributed by atoms with E-state index >= 15 is 0 Å². The van der Waals surface area contributed by atoms with Crippen LogP contribution in [0.2, 0.25) is 0 Å². The average molecular weight is 326 g/mol. The normalized spacial score (nSPS) is 16.7. The molecule has 5 nitrogen and oxygen atoms in total. The van der Waals surface area contributed by atoms with E-state index in [2.05, 4.69) is 10.2 Å². The van der Waals surface area contributed by atoms with Gasteiger partial charge in [-0.15, -0.1) is 24.8 Å². The lowest BCUT2D eigenvalue weighted by molar-refractivity contribution is -0.387. The van der Waals surface area contributed by atoms with Gasteiger partial charge in [0.2, 0.25) is 5.82 Å². The maximum absolute atomic E-state index is 13.3. The van der Waals surface area contributed by atoms with Gasteiger partial charge >= 0.3 is 5.69 Å². The van der Waals surface area contributed by atoms with Gasteiger partial charge in [0.1, 0.15) is 0 Å². The van der Waals surface area contributed by atoms with Crippen LogP contribution in [0.25, 0.3) is 0 Å². The molecule has 8 heteroatoms. The molecule has 1 aromatic rings. The maximum atomic E-state index is 13.3. The van der Waals surface area contributed by atoms with E-state index < -0.39 is 16.4 Å². The third kappa shape index (κ3) is 4.28. The van der Waals surface area contributed by atoms with Gasteiger partial charge in [-0.05, 0) is 18.6 Å². The lowest BCUT2D eigenvalue weighted by Crippen LogP contribution is -2.44. The zero-order valence-electron chi connectivity index (χ0n) is 11.0. The van der Waals surface area contributed by atoms with Crippen LogP contribution in [-0.4, -0.2) is 36.0 Å². The van der Waals surface area contributed by atoms with Crippen molar-refractivity contribution < 1.29 is 9.31 Å². The molecule has 0 amide bonds. The van der Waals surface area contributed by atoms with Crippen LogP contribution in [0.3, 0.4) is 0 Å². The molecule has 114 valence electrons. The zero-order valence-corrected chi connectivity index (χ0v) is 12.7. The number of piperazine rings is 1. The highest BCUT2D eigenvalue weighted by molar-refractivity contribution is 5.85. The molecule has 0 aliphatic carbocycles. The maximum Gasteiger partial charge on any atom is 0.305 e. The second-order valence-electron chi connectivity index (χ2n) is 4.43. The molecule has 0 bridgehead atoms. The summed E-state index contributed by atoms with van der Waals surface area (Å²) in [6, 6.07) is 4.19. The SMILES string of the molecule is C[C@H](c1ccc(F)c([N+](=O)[O-])c1)N1CCNCC1.Cl.Cl. The van der Waals surface area contributed by atoms with Gasteiger partial charge in [0, 0.05) is 38.3 Å². The molecule has 20 heavy (non-hydrogen) atoms. The fourth-order valence-electron chi connectivity index (χ4n) is 2.21. The van der Waals surface area contributed by atoms with Crippen molar-refractivity contribution in [1.29, 1.82) is 0 Å². The Labute approximate surface area is 129 Å². The van der Waals surface area contributed by atoms with Crippen molar-refractivity contribution in [3.63, 3.8) is 0 Å². The van der Waals surface area contributed by atoms with Crippen molar-refractivity contribution >= 4 is 30.5 Å². The Bertz CT molecular complexity index is 456. The number of nitro groups is 1. The Kier molecular flexibility index (Phi) is 7.96. The summed E-state index contributed by atoms with van der Waals surface area (Å²) >= 11 is 0. The molecule has 1 N–H and O–H groups in total. The Morgan fingerprint density at radius 1 is 1.35 bits per heavy atom. The van der Waals surface area contributed by atoms with Gasteiger partial charge in [-0.1, -0.05) is 6.07 Å². The number of nitrogens with zero attached hydrogens (tertiary/aromatic N) is 2. The van der Waals surface area contributed by atoms with Crippen LogP contribution in [0.5, 0.6) is 0 Å². The molecule has 0 aromatic heterocycles. The Hall–Kier alpha value is -0.950. The standard InChI is InChI=1S/C12H16FN3O2.2ClH/c1-9(15-6-4-14-5-7-15)10-2-3-11(13)12(8-10)16(17)18;;/h2-3,8-9,14H,4-7H2,1H3;2*1H/t9-;;/m1../s1. The summed E-state index contributed by atoms with van der Waals surface area (Å²) in [5.74, 6) is -0.781. The van der Waals surface area contributed by atoms with Crippen LogP contribution in [0, 0.1) is 15.9 Å². The minimum atomic E-state index is -0.781. The van der Waals surface area contributed by atoms with E-state index in [-0.39, 0.29) is 30.9 Å². The van der Waals surface area contributed by atoms with Gasteiger partial charge in [0.25, 0.3) is 0 Å². The molecule has 1 aliphatic heterocycles. The summed E-state index contributed by atoms with van der Waals surface area (Å²) in [5, 5.41) is 14.0. The highest BCUT2D eigenvalue weighted by Crippen LogP contribution is 2.26. The summed E-state index contributed by atoms with van der Waals surface area (Å²) in [5.41, 5.74) is 0.333. The molecule has 1 fully saturated rings. The van der Waals surface area contributed by atoms with Crippen LogP contribution < -0.4 is 5.32 Å². The lowest BCUT2D eigenvalue weighted by atomic mass is 10.1. The van der Waals surface area contributed by atoms with Crippen molar-refractivity contribution in [3.8, 4) is 0 Å². The minimum Gasteiger partial charge on any atom is -0.314 e. The number of hydrogen-bond acceptors (Lipinski definition) is 4. The Morgan fingerprint density at radius 2 is 1.95 bits per heavy atom. The first-order chi connectivity index (χ1) is 8.59. The lowest BCUT2D eigenvalue weighted by Gasteiger charge is -2.32. The fourth-order valence-corrected chi connectivity index (χ4v) is 2.21. The van der Waals surface area contributed by atoms with Crippen molar-refractivity contribution in [2.75, 3.05) is 26.2 Å². The van der Waals surface area contributed by atoms with Gasteiger partial charge in [0.15, 0.2) is 0 Å². The quantitative estimate of drug-likeness (QED) is 0.685. The van der Waals surface area contributed by atoms with E-state index in [0.717, 1.165) is 31.7 Å². The predicted octanol–water partition coefficient (Wildman–Crippen LogP) is 2.54. The van der Waals surface area contributed by atoms with Crippen molar-refractivity contribution in [2.45, 2.75) is 13.0 Å². The van der Waals surface area contributed by atoms with Crippen molar-refractivity contribution in [2.24, 2.45) is 0 Å². The molecule has 1 saturated heterocycles. The van der Waals surface area contributed by atoms with Gasteiger partial charge in [0.05, 0.1) is 4.92 Å². The van der Waals surface area contributed by atoms with Crippen LogP contribution >= 0.6 is 24.8 Å². The van der Waals surface area contributed by atoms with E-state index in [4.69, 9.17) is 0 Å².